The van der Waals surface area contributed by atoms with Crippen LogP contribution in [-0.4, -0.2) is 14.2 Å². The van der Waals surface area contributed by atoms with Crippen LogP contribution in [0, 0.1) is 5.82 Å². The first-order chi connectivity index (χ1) is 13.5. The minimum atomic E-state index is -3.74. The molecule has 3 aromatic carbocycles. The Balaban J connectivity index is 1.74. The Morgan fingerprint density at radius 1 is 0.821 bits per heavy atom. The van der Waals surface area contributed by atoms with E-state index in [-0.39, 0.29) is 10.7 Å². The van der Waals surface area contributed by atoms with Crippen molar-refractivity contribution in [3.05, 3.63) is 103 Å². The molecule has 0 fully saturated rings. The summed E-state index contributed by atoms with van der Waals surface area (Å²) < 4.78 is 40.5. The highest BCUT2D eigenvalue weighted by Crippen LogP contribution is 2.24. The number of halogens is 1. The van der Waals surface area contributed by atoms with Crippen LogP contribution in [0.1, 0.15) is 10.4 Å². The number of hydrogen-bond acceptors (Lipinski definition) is 4. The van der Waals surface area contributed by atoms with Crippen LogP contribution in [0.5, 0.6) is 0 Å². The highest BCUT2D eigenvalue weighted by atomic mass is 32.2. The van der Waals surface area contributed by atoms with Crippen molar-refractivity contribution >= 4 is 27.2 Å². The Kier molecular flexibility index (Phi) is 5.86. The standard InChI is InChI=1S/C21H17FN2O3S/c22-17-12-10-16(11-13-17)21(25)14-15-23-19-8-4-5-9-20(19)24-28(26,27)18-6-2-1-3-7-18/h1-15,23-24H/b15-14-. The molecule has 0 aliphatic rings. The summed E-state index contributed by atoms with van der Waals surface area (Å²) in [7, 11) is -3.74. The van der Waals surface area contributed by atoms with E-state index in [1.165, 1.54) is 48.7 Å². The number of para-hydroxylation sites is 2. The van der Waals surface area contributed by atoms with E-state index in [9.17, 15) is 17.6 Å². The fraction of sp³-hybridized carbons (Fsp3) is 0. The summed E-state index contributed by atoms with van der Waals surface area (Å²) in [6.45, 7) is 0. The Bertz CT molecular complexity index is 1100. The number of nitrogens with one attached hydrogen (secondary N) is 2. The molecule has 0 saturated heterocycles. The van der Waals surface area contributed by atoms with Gasteiger partial charge in [0.15, 0.2) is 5.78 Å². The summed E-state index contributed by atoms with van der Waals surface area (Å²) in [6.07, 6.45) is 2.69. The molecular formula is C21H17FN2O3S. The van der Waals surface area contributed by atoms with Gasteiger partial charge in [-0.05, 0) is 48.5 Å². The molecule has 0 amide bonds. The van der Waals surface area contributed by atoms with E-state index in [2.05, 4.69) is 10.0 Å². The van der Waals surface area contributed by atoms with Crippen LogP contribution in [0.4, 0.5) is 15.8 Å². The molecule has 3 rings (SSSR count). The van der Waals surface area contributed by atoms with Gasteiger partial charge in [-0.15, -0.1) is 0 Å². The van der Waals surface area contributed by atoms with Crippen LogP contribution in [0.3, 0.4) is 0 Å². The first-order valence-corrected chi connectivity index (χ1v) is 9.84. The molecule has 0 aliphatic heterocycles. The topological polar surface area (TPSA) is 75.3 Å². The number of benzene rings is 3. The van der Waals surface area contributed by atoms with Gasteiger partial charge in [0.2, 0.25) is 0 Å². The van der Waals surface area contributed by atoms with Gasteiger partial charge in [-0.1, -0.05) is 30.3 Å². The largest absolute Gasteiger partial charge is 0.360 e. The number of carbonyl (C=O) groups is 1. The molecule has 3 aromatic rings. The molecule has 0 saturated carbocycles. The van der Waals surface area contributed by atoms with Gasteiger partial charge >= 0.3 is 0 Å². The number of anilines is 2. The molecular weight excluding hydrogens is 379 g/mol. The molecule has 0 aliphatic carbocycles. The molecule has 0 radical (unpaired) electrons. The fourth-order valence-electron chi connectivity index (χ4n) is 2.42. The SMILES string of the molecule is O=C(/C=C\Nc1ccccc1NS(=O)(=O)c1ccccc1)c1ccc(F)cc1. The van der Waals surface area contributed by atoms with Gasteiger partial charge in [-0.3, -0.25) is 9.52 Å². The zero-order valence-electron chi connectivity index (χ0n) is 14.7. The van der Waals surface area contributed by atoms with Crippen LogP contribution < -0.4 is 10.0 Å². The van der Waals surface area contributed by atoms with Crippen molar-refractivity contribution in [2.24, 2.45) is 0 Å². The first-order valence-electron chi connectivity index (χ1n) is 8.35. The summed E-state index contributed by atoms with van der Waals surface area (Å²) in [5.74, 6) is -0.729. The number of allylic oxidation sites excluding steroid dienone is 1. The second-order valence-electron chi connectivity index (χ2n) is 5.81. The molecule has 2 N–H and O–H groups in total. The average molecular weight is 396 g/mol. The van der Waals surface area contributed by atoms with E-state index >= 15 is 0 Å². The minimum Gasteiger partial charge on any atom is -0.360 e. The van der Waals surface area contributed by atoms with Crippen molar-refractivity contribution in [2.75, 3.05) is 10.0 Å². The fourth-order valence-corrected chi connectivity index (χ4v) is 3.52. The minimum absolute atomic E-state index is 0.145. The van der Waals surface area contributed by atoms with Crippen molar-refractivity contribution in [3.63, 3.8) is 0 Å². The number of ketones is 1. The smallest absolute Gasteiger partial charge is 0.261 e. The summed E-state index contributed by atoms with van der Waals surface area (Å²) in [4.78, 5) is 12.2. The van der Waals surface area contributed by atoms with Crippen molar-refractivity contribution in [3.8, 4) is 0 Å². The van der Waals surface area contributed by atoms with Crippen molar-refractivity contribution in [2.45, 2.75) is 4.90 Å². The lowest BCUT2D eigenvalue weighted by Crippen LogP contribution is -2.13. The van der Waals surface area contributed by atoms with Crippen molar-refractivity contribution < 1.29 is 17.6 Å². The van der Waals surface area contributed by atoms with E-state index in [1.807, 2.05) is 0 Å². The maximum atomic E-state index is 12.9. The normalized spacial score (nSPS) is 11.3. The summed E-state index contributed by atoms with van der Waals surface area (Å²) >= 11 is 0. The summed E-state index contributed by atoms with van der Waals surface area (Å²) in [6, 6.07) is 19.9. The third kappa shape index (κ3) is 4.83. The van der Waals surface area contributed by atoms with Gasteiger partial charge in [0.25, 0.3) is 10.0 Å². The molecule has 0 aromatic heterocycles. The van der Waals surface area contributed by atoms with Gasteiger partial charge in [0, 0.05) is 17.8 Å². The first kappa shape index (κ1) is 19.3. The predicted molar refractivity (Wildman–Crippen MR) is 107 cm³/mol. The van der Waals surface area contributed by atoms with E-state index in [1.54, 1.807) is 42.5 Å². The van der Waals surface area contributed by atoms with Crippen LogP contribution in [0.25, 0.3) is 0 Å². The highest BCUT2D eigenvalue weighted by Gasteiger charge is 2.15. The third-order valence-corrected chi connectivity index (χ3v) is 5.21. The predicted octanol–water partition coefficient (Wildman–Crippen LogP) is 4.44. The second-order valence-corrected chi connectivity index (χ2v) is 7.50. The lowest BCUT2D eigenvalue weighted by atomic mass is 10.1. The number of rotatable bonds is 7. The average Bonchev–Trinajstić information content (AvgIpc) is 2.70. The second kappa shape index (κ2) is 8.49. The molecule has 142 valence electrons. The van der Waals surface area contributed by atoms with E-state index in [4.69, 9.17) is 0 Å². The summed E-state index contributed by atoms with van der Waals surface area (Å²) in [5, 5.41) is 2.90. The Morgan fingerprint density at radius 3 is 2.11 bits per heavy atom. The molecule has 0 atom stereocenters. The summed E-state index contributed by atoms with van der Waals surface area (Å²) in [5.41, 5.74) is 1.16. The van der Waals surface area contributed by atoms with Gasteiger partial charge < -0.3 is 5.32 Å². The molecule has 0 spiro atoms. The van der Waals surface area contributed by atoms with Crippen LogP contribution in [0.15, 0.2) is 96.0 Å². The molecule has 0 bridgehead atoms. The Morgan fingerprint density at radius 2 is 1.43 bits per heavy atom. The van der Waals surface area contributed by atoms with E-state index in [0.717, 1.165) is 0 Å². The van der Waals surface area contributed by atoms with E-state index in [0.29, 0.717) is 16.9 Å². The Labute approximate surface area is 162 Å². The highest BCUT2D eigenvalue weighted by molar-refractivity contribution is 7.92. The molecule has 5 nitrogen and oxygen atoms in total. The van der Waals surface area contributed by atoms with Crippen molar-refractivity contribution in [1.82, 2.24) is 0 Å². The maximum Gasteiger partial charge on any atom is 0.261 e. The molecule has 0 unspecified atom stereocenters. The molecule has 7 heteroatoms. The number of sulfonamides is 1. The number of carbonyl (C=O) groups excluding carboxylic acids is 1. The van der Waals surface area contributed by atoms with Gasteiger partial charge in [0.1, 0.15) is 5.82 Å². The maximum absolute atomic E-state index is 12.9. The monoisotopic (exact) mass is 396 g/mol. The molecule has 28 heavy (non-hydrogen) atoms. The zero-order valence-corrected chi connectivity index (χ0v) is 15.5. The van der Waals surface area contributed by atoms with Crippen LogP contribution in [-0.2, 0) is 10.0 Å². The Hall–Kier alpha value is -3.45. The van der Waals surface area contributed by atoms with E-state index < -0.39 is 15.8 Å². The van der Waals surface area contributed by atoms with Crippen LogP contribution in [0.2, 0.25) is 0 Å². The van der Waals surface area contributed by atoms with Gasteiger partial charge in [-0.2, -0.15) is 0 Å². The quantitative estimate of drug-likeness (QED) is 0.457. The zero-order chi connectivity index (χ0) is 20.0. The van der Waals surface area contributed by atoms with Crippen molar-refractivity contribution in [1.29, 1.82) is 0 Å². The molecule has 0 heterocycles. The third-order valence-electron chi connectivity index (χ3n) is 3.83. The lowest BCUT2D eigenvalue weighted by Gasteiger charge is -2.12. The van der Waals surface area contributed by atoms with Gasteiger partial charge in [-0.25, -0.2) is 12.8 Å². The van der Waals surface area contributed by atoms with Crippen LogP contribution >= 0.6 is 0 Å². The number of hydrogen-bond donors (Lipinski definition) is 2. The lowest BCUT2D eigenvalue weighted by molar-refractivity contribution is 0.104. The van der Waals surface area contributed by atoms with Gasteiger partial charge in [0.05, 0.1) is 16.3 Å².